The van der Waals surface area contributed by atoms with E-state index in [0.29, 0.717) is 6.42 Å². The second-order valence-corrected chi connectivity index (χ2v) is 5.82. The molecule has 1 aromatic rings. The Morgan fingerprint density at radius 3 is 2.53 bits per heavy atom. The molecular weight excluding hydrogens is 304 g/mol. The van der Waals surface area contributed by atoms with Crippen molar-refractivity contribution in [1.29, 1.82) is 0 Å². The number of nitrogens with zero attached hydrogens (tertiary/aromatic N) is 1. The molecule has 0 aliphatic heterocycles. The summed E-state index contributed by atoms with van der Waals surface area (Å²) < 4.78 is 1.04. The van der Waals surface area contributed by atoms with Crippen LogP contribution in [0.3, 0.4) is 0 Å². The number of benzene rings is 1. The van der Waals surface area contributed by atoms with E-state index >= 15 is 0 Å². The van der Waals surface area contributed by atoms with Crippen molar-refractivity contribution in [3.63, 3.8) is 0 Å². The van der Waals surface area contributed by atoms with Crippen LogP contribution in [-0.2, 0) is 4.79 Å². The highest BCUT2D eigenvalue weighted by Gasteiger charge is 2.22. The van der Waals surface area contributed by atoms with Crippen molar-refractivity contribution in [1.82, 2.24) is 4.90 Å². The Morgan fingerprint density at radius 1 is 1.37 bits per heavy atom. The Balaban J connectivity index is 2.92. The maximum Gasteiger partial charge on any atom is 0.224 e. The monoisotopic (exact) mass is 326 g/mol. The van der Waals surface area contributed by atoms with Crippen LogP contribution in [0.4, 0.5) is 0 Å². The molecule has 0 spiro atoms. The highest BCUT2D eigenvalue weighted by Crippen LogP contribution is 2.28. The van der Waals surface area contributed by atoms with Crippen molar-refractivity contribution in [2.45, 2.75) is 45.7 Å². The lowest BCUT2D eigenvalue weighted by Crippen LogP contribution is -2.37. The number of halogens is 1. The van der Waals surface area contributed by atoms with Crippen LogP contribution in [0.2, 0.25) is 0 Å². The Hall–Kier alpha value is -0.870. The summed E-state index contributed by atoms with van der Waals surface area (Å²) in [6, 6.07) is 7.99. The Kier molecular flexibility index (Phi) is 6.52. The third kappa shape index (κ3) is 4.62. The van der Waals surface area contributed by atoms with Gasteiger partial charge in [-0.15, -0.1) is 0 Å². The fraction of sp³-hybridized carbons (Fsp3) is 0.533. The number of amides is 1. The number of hydrogen-bond donors (Lipinski definition) is 1. The SMILES string of the molecule is CCCN(C(=O)CC(C)N)C(C)c1ccccc1Br. The second kappa shape index (κ2) is 7.65. The molecule has 0 aromatic heterocycles. The molecule has 0 bridgehead atoms. The van der Waals surface area contributed by atoms with Crippen LogP contribution < -0.4 is 5.73 Å². The zero-order valence-corrected chi connectivity index (χ0v) is 13.5. The molecule has 0 fully saturated rings. The highest BCUT2D eigenvalue weighted by molar-refractivity contribution is 9.10. The van der Waals surface area contributed by atoms with Gasteiger partial charge in [-0.25, -0.2) is 0 Å². The number of hydrogen-bond acceptors (Lipinski definition) is 2. The van der Waals surface area contributed by atoms with Gasteiger partial charge in [0.2, 0.25) is 5.91 Å². The number of carbonyl (C=O) groups is 1. The van der Waals surface area contributed by atoms with Gasteiger partial charge in [0.05, 0.1) is 6.04 Å². The summed E-state index contributed by atoms with van der Waals surface area (Å²) in [7, 11) is 0. The van der Waals surface area contributed by atoms with Crippen LogP contribution in [0.5, 0.6) is 0 Å². The van der Waals surface area contributed by atoms with E-state index in [4.69, 9.17) is 5.73 Å². The molecule has 19 heavy (non-hydrogen) atoms. The topological polar surface area (TPSA) is 46.3 Å². The Labute approximate surface area is 124 Å². The average Bonchev–Trinajstić information content (AvgIpc) is 2.34. The normalized spacial score (nSPS) is 13.9. The Bertz CT molecular complexity index is 420. The number of carbonyl (C=O) groups excluding carboxylic acids is 1. The molecule has 0 aliphatic rings. The van der Waals surface area contributed by atoms with Crippen molar-refractivity contribution in [3.8, 4) is 0 Å². The van der Waals surface area contributed by atoms with Crippen molar-refractivity contribution in [3.05, 3.63) is 34.3 Å². The van der Waals surface area contributed by atoms with Gasteiger partial charge in [-0.05, 0) is 31.9 Å². The maximum atomic E-state index is 12.3. The molecule has 0 radical (unpaired) electrons. The van der Waals surface area contributed by atoms with Gasteiger partial charge < -0.3 is 10.6 Å². The van der Waals surface area contributed by atoms with Crippen LogP contribution in [0.1, 0.15) is 45.2 Å². The van der Waals surface area contributed by atoms with Crippen molar-refractivity contribution in [2.75, 3.05) is 6.54 Å². The first kappa shape index (κ1) is 16.2. The molecule has 0 saturated heterocycles. The van der Waals surface area contributed by atoms with Gasteiger partial charge in [-0.2, -0.15) is 0 Å². The van der Waals surface area contributed by atoms with Gasteiger partial charge in [-0.1, -0.05) is 41.1 Å². The summed E-state index contributed by atoms with van der Waals surface area (Å²) in [4.78, 5) is 14.2. The van der Waals surface area contributed by atoms with Crippen LogP contribution in [0.15, 0.2) is 28.7 Å². The smallest absolute Gasteiger partial charge is 0.224 e. The summed E-state index contributed by atoms with van der Waals surface area (Å²) in [5, 5.41) is 0. The summed E-state index contributed by atoms with van der Waals surface area (Å²) in [6.07, 6.45) is 1.34. The summed E-state index contributed by atoms with van der Waals surface area (Å²) in [5.41, 5.74) is 6.87. The molecule has 1 amide bonds. The lowest BCUT2D eigenvalue weighted by Gasteiger charge is -2.30. The van der Waals surface area contributed by atoms with E-state index in [1.807, 2.05) is 30.0 Å². The molecule has 2 atom stereocenters. The van der Waals surface area contributed by atoms with E-state index in [2.05, 4.69) is 35.8 Å². The standard InChI is InChI=1S/C15H23BrN2O/c1-4-9-18(15(19)10-11(2)17)12(3)13-7-5-6-8-14(13)16/h5-8,11-12H,4,9-10,17H2,1-3H3. The van der Waals surface area contributed by atoms with Gasteiger partial charge in [0, 0.05) is 23.5 Å². The molecule has 1 rings (SSSR count). The fourth-order valence-corrected chi connectivity index (χ4v) is 2.77. The quantitative estimate of drug-likeness (QED) is 0.869. The first-order chi connectivity index (χ1) is 8.97. The zero-order chi connectivity index (χ0) is 14.4. The Morgan fingerprint density at radius 2 is 2.00 bits per heavy atom. The van der Waals surface area contributed by atoms with Crippen LogP contribution >= 0.6 is 15.9 Å². The van der Waals surface area contributed by atoms with E-state index in [1.54, 1.807) is 0 Å². The van der Waals surface area contributed by atoms with E-state index in [-0.39, 0.29) is 18.0 Å². The maximum absolute atomic E-state index is 12.3. The average molecular weight is 327 g/mol. The first-order valence-electron chi connectivity index (χ1n) is 6.76. The van der Waals surface area contributed by atoms with E-state index in [9.17, 15) is 4.79 Å². The van der Waals surface area contributed by atoms with E-state index in [0.717, 1.165) is 23.0 Å². The summed E-state index contributed by atoms with van der Waals surface area (Å²) in [5.74, 6) is 0.125. The third-order valence-corrected chi connectivity index (χ3v) is 3.83. The van der Waals surface area contributed by atoms with Crippen molar-refractivity contribution in [2.24, 2.45) is 5.73 Å². The minimum absolute atomic E-state index is 0.0572. The number of nitrogens with two attached hydrogens (primary N) is 1. The molecule has 0 saturated carbocycles. The van der Waals surface area contributed by atoms with Gasteiger partial charge in [0.25, 0.3) is 0 Å². The van der Waals surface area contributed by atoms with Crippen molar-refractivity contribution < 1.29 is 4.79 Å². The fourth-order valence-electron chi connectivity index (χ4n) is 2.15. The predicted molar refractivity (Wildman–Crippen MR) is 82.8 cm³/mol. The lowest BCUT2D eigenvalue weighted by atomic mass is 10.1. The molecule has 0 heterocycles. The number of rotatable bonds is 6. The van der Waals surface area contributed by atoms with Crippen molar-refractivity contribution >= 4 is 21.8 Å². The highest BCUT2D eigenvalue weighted by atomic mass is 79.9. The lowest BCUT2D eigenvalue weighted by molar-refractivity contribution is -0.133. The summed E-state index contributed by atoms with van der Waals surface area (Å²) in [6.45, 7) is 6.77. The molecular formula is C15H23BrN2O. The third-order valence-electron chi connectivity index (χ3n) is 3.10. The first-order valence-corrected chi connectivity index (χ1v) is 7.56. The molecule has 106 valence electrons. The largest absolute Gasteiger partial charge is 0.336 e. The van der Waals surface area contributed by atoms with Crippen LogP contribution in [-0.4, -0.2) is 23.4 Å². The molecule has 1 aromatic carbocycles. The molecule has 3 nitrogen and oxygen atoms in total. The second-order valence-electron chi connectivity index (χ2n) is 4.97. The molecule has 0 aliphatic carbocycles. The zero-order valence-electron chi connectivity index (χ0n) is 11.9. The van der Waals surface area contributed by atoms with E-state index < -0.39 is 0 Å². The van der Waals surface area contributed by atoms with Gasteiger partial charge in [0.1, 0.15) is 0 Å². The molecule has 4 heteroatoms. The molecule has 2 unspecified atom stereocenters. The van der Waals surface area contributed by atoms with Crippen LogP contribution in [0, 0.1) is 0 Å². The minimum Gasteiger partial charge on any atom is -0.336 e. The van der Waals surface area contributed by atoms with Crippen LogP contribution in [0.25, 0.3) is 0 Å². The molecule has 2 N–H and O–H groups in total. The van der Waals surface area contributed by atoms with Gasteiger partial charge in [0.15, 0.2) is 0 Å². The predicted octanol–water partition coefficient (Wildman–Crippen LogP) is 3.49. The summed E-state index contributed by atoms with van der Waals surface area (Å²) >= 11 is 3.55. The van der Waals surface area contributed by atoms with Gasteiger partial charge in [-0.3, -0.25) is 4.79 Å². The minimum atomic E-state index is -0.0988. The van der Waals surface area contributed by atoms with Gasteiger partial charge >= 0.3 is 0 Å². The van der Waals surface area contributed by atoms with E-state index in [1.165, 1.54) is 0 Å².